The van der Waals surface area contributed by atoms with Crippen molar-refractivity contribution in [2.75, 3.05) is 13.7 Å². The molecule has 2 aliphatic heterocycles. The van der Waals surface area contributed by atoms with Crippen molar-refractivity contribution in [3.8, 4) is 0 Å². The van der Waals surface area contributed by atoms with Crippen LogP contribution in [0.5, 0.6) is 0 Å². The van der Waals surface area contributed by atoms with E-state index in [-0.39, 0.29) is 12.6 Å². The molecule has 0 unspecified atom stereocenters. The molecule has 0 saturated carbocycles. The standard InChI is InChI=1S/C14H23NO6/c1-13(2,3)21-12(17)15-7-8-10(9(15)11(16)18-6)20-14(4,5)19-8/h8-10H,7H2,1-6H3/t8-,9-,10-/m1/s1. The van der Waals surface area contributed by atoms with Crippen molar-refractivity contribution >= 4 is 12.1 Å². The maximum Gasteiger partial charge on any atom is 0.411 e. The smallest absolute Gasteiger partial charge is 0.411 e. The summed E-state index contributed by atoms with van der Waals surface area (Å²) in [6, 6.07) is -0.850. The summed E-state index contributed by atoms with van der Waals surface area (Å²) in [4.78, 5) is 25.6. The highest BCUT2D eigenvalue weighted by atomic mass is 16.8. The number of likely N-dealkylation sites (tertiary alicyclic amines) is 1. The van der Waals surface area contributed by atoms with E-state index in [0.717, 1.165) is 0 Å². The van der Waals surface area contributed by atoms with Crippen LogP contribution in [0.1, 0.15) is 34.6 Å². The van der Waals surface area contributed by atoms with Gasteiger partial charge in [-0.05, 0) is 34.6 Å². The summed E-state index contributed by atoms with van der Waals surface area (Å²) in [6.07, 6.45) is -1.48. The van der Waals surface area contributed by atoms with Gasteiger partial charge in [-0.15, -0.1) is 0 Å². The summed E-state index contributed by atoms with van der Waals surface area (Å²) < 4.78 is 21.6. The van der Waals surface area contributed by atoms with Gasteiger partial charge in [-0.2, -0.15) is 0 Å². The number of nitrogens with zero attached hydrogens (tertiary/aromatic N) is 1. The van der Waals surface area contributed by atoms with E-state index in [1.807, 2.05) is 0 Å². The number of hydrogen-bond donors (Lipinski definition) is 0. The van der Waals surface area contributed by atoms with Crippen molar-refractivity contribution in [3.63, 3.8) is 0 Å². The van der Waals surface area contributed by atoms with Crippen LogP contribution in [0.25, 0.3) is 0 Å². The first-order valence-electron chi connectivity index (χ1n) is 6.97. The van der Waals surface area contributed by atoms with E-state index in [0.29, 0.717) is 0 Å². The van der Waals surface area contributed by atoms with E-state index < -0.39 is 35.6 Å². The Labute approximate surface area is 124 Å². The Morgan fingerprint density at radius 2 is 1.86 bits per heavy atom. The summed E-state index contributed by atoms with van der Waals surface area (Å²) in [5.41, 5.74) is -0.642. The van der Waals surface area contributed by atoms with E-state index in [4.69, 9.17) is 18.9 Å². The Bertz CT molecular complexity index is 441. The van der Waals surface area contributed by atoms with Crippen LogP contribution in [0.15, 0.2) is 0 Å². The maximum absolute atomic E-state index is 12.3. The van der Waals surface area contributed by atoms with Crippen molar-refractivity contribution in [1.29, 1.82) is 0 Å². The molecule has 0 aromatic carbocycles. The lowest BCUT2D eigenvalue weighted by atomic mass is 10.1. The predicted octanol–water partition coefficient (Wildman–Crippen LogP) is 1.30. The molecule has 0 aromatic rings. The van der Waals surface area contributed by atoms with E-state index in [2.05, 4.69) is 0 Å². The highest BCUT2D eigenvalue weighted by Crippen LogP contribution is 2.37. The molecule has 0 aliphatic carbocycles. The molecule has 0 radical (unpaired) electrons. The minimum atomic E-state index is -0.850. The lowest BCUT2D eigenvalue weighted by Crippen LogP contribution is -2.48. The average molecular weight is 301 g/mol. The molecule has 3 atom stereocenters. The van der Waals surface area contributed by atoms with Crippen LogP contribution in [0.3, 0.4) is 0 Å². The first kappa shape index (κ1) is 16.0. The van der Waals surface area contributed by atoms with Crippen LogP contribution in [0.2, 0.25) is 0 Å². The number of carbonyl (C=O) groups is 2. The molecule has 2 rings (SSSR count). The van der Waals surface area contributed by atoms with Gasteiger partial charge in [0, 0.05) is 0 Å². The molecule has 2 heterocycles. The molecule has 1 amide bonds. The van der Waals surface area contributed by atoms with Gasteiger partial charge in [0.2, 0.25) is 0 Å². The zero-order valence-electron chi connectivity index (χ0n) is 13.3. The highest BCUT2D eigenvalue weighted by Gasteiger charge is 2.57. The van der Waals surface area contributed by atoms with Gasteiger partial charge < -0.3 is 18.9 Å². The van der Waals surface area contributed by atoms with Gasteiger partial charge in [0.15, 0.2) is 11.8 Å². The molecule has 0 aromatic heterocycles. The molecular weight excluding hydrogens is 278 g/mol. The summed E-state index contributed by atoms with van der Waals surface area (Å²) >= 11 is 0. The van der Waals surface area contributed by atoms with Crippen molar-refractivity contribution in [2.45, 2.75) is 64.3 Å². The number of esters is 1. The Hall–Kier alpha value is -1.34. The van der Waals surface area contributed by atoms with Crippen LogP contribution < -0.4 is 0 Å². The van der Waals surface area contributed by atoms with Gasteiger partial charge in [0.1, 0.15) is 17.8 Å². The van der Waals surface area contributed by atoms with Crippen LogP contribution in [0, 0.1) is 0 Å². The van der Waals surface area contributed by atoms with E-state index in [1.54, 1.807) is 34.6 Å². The van der Waals surface area contributed by atoms with Crippen molar-refractivity contribution in [3.05, 3.63) is 0 Å². The molecule has 7 nitrogen and oxygen atoms in total. The Morgan fingerprint density at radius 1 is 1.24 bits per heavy atom. The van der Waals surface area contributed by atoms with E-state index >= 15 is 0 Å². The summed E-state index contributed by atoms with van der Waals surface area (Å²) in [6.45, 7) is 9.10. The lowest BCUT2D eigenvalue weighted by Gasteiger charge is -2.30. The van der Waals surface area contributed by atoms with Gasteiger partial charge in [0.05, 0.1) is 13.7 Å². The largest absolute Gasteiger partial charge is 0.467 e. The predicted molar refractivity (Wildman–Crippen MR) is 72.6 cm³/mol. The van der Waals surface area contributed by atoms with Crippen molar-refractivity contribution < 1.29 is 28.5 Å². The zero-order chi connectivity index (χ0) is 16.0. The first-order chi connectivity index (χ1) is 9.54. The second kappa shape index (κ2) is 5.14. The monoisotopic (exact) mass is 301 g/mol. The molecule has 2 fully saturated rings. The van der Waals surface area contributed by atoms with Crippen LogP contribution in [-0.4, -0.2) is 60.3 Å². The molecule has 7 heteroatoms. The Kier molecular flexibility index (Phi) is 3.92. The Morgan fingerprint density at radius 3 is 2.38 bits per heavy atom. The van der Waals surface area contributed by atoms with E-state index in [1.165, 1.54) is 12.0 Å². The second-order valence-electron chi connectivity index (χ2n) is 6.74. The van der Waals surface area contributed by atoms with Crippen LogP contribution in [-0.2, 0) is 23.7 Å². The molecular formula is C14H23NO6. The minimum Gasteiger partial charge on any atom is -0.467 e. The van der Waals surface area contributed by atoms with Crippen LogP contribution >= 0.6 is 0 Å². The summed E-state index contributed by atoms with van der Waals surface area (Å²) in [7, 11) is 1.28. The minimum absolute atomic E-state index is 0.239. The van der Waals surface area contributed by atoms with Gasteiger partial charge >= 0.3 is 12.1 Å². The number of methoxy groups -OCH3 is 1. The third kappa shape index (κ3) is 3.29. The van der Waals surface area contributed by atoms with Gasteiger partial charge in [-0.3, -0.25) is 4.90 Å². The van der Waals surface area contributed by atoms with Gasteiger partial charge in [-0.1, -0.05) is 0 Å². The van der Waals surface area contributed by atoms with Gasteiger partial charge in [0.25, 0.3) is 0 Å². The second-order valence-corrected chi connectivity index (χ2v) is 6.74. The fourth-order valence-electron chi connectivity index (χ4n) is 2.65. The number of fused-ring (bicyclic) bond motifs is 1. The van der Waals surface area contributed by atoms with Crippen LogP contribution in [0.4, 0.5) is 4.79 Å². The van der Waals surface area contributed by atoms with Gasteiger partial charge in [-0.25, -0.2) is 9.59 Å². The summed E-state index contributed by atoms with van der Waals surface area (Å²) in [5, 5.41) is 0. The fourth-order valence-corrected chi connectivity index (χ4v) is 2.65. The SMILES string of the molecule is COC(=O)[C@H]1[C@@H]2OC(C)(C)O[C@@H]2CN1C(=O)OC(C)(C)C. The number of amides is 1. The average Bonchev–Trinajstić information content (AvgIpc) is 2.77. The molecule has 0 N–H and O–H groups in total. The summed E-state index contributed by atoms with van der Waals surface area (Å²) in [5.74, 6) is -1.31. The number of carbonyl (C=O) groups excluding carboxylic acids is 2. The highest BCUT2D eigenvalue weighted by molar-refractivity contribution is 5.83. The first-order valence-corrected chi connectivity index (χ1v) is 6.97. The topological polar surface area (TPSA) is 74.3 Å². The number of ether oxygens (including phenoxy) is 4. The van der Waals surface area contributed by atoms with E-state index in [9.17, 15) is 9.59 Å². The molecule has 2 aliphatic rings. The Balaban J connectivity index is 2.19. The third-order valence-corrected chi connectivity index (χ3v) is 3.32. The quantitative estimate of drug-likeness (QED) is 0.680. The van der Waals surface area contributed by atoms with Crippen molar-refractivity contribution in [1.82, 2.24) is 4.90 Å². The molecule has 2 saturated heterocycles. The lowest BCUT2D eigenvalue weighted by molar-refractivity contribution is -0.170. The molecule has 21 heavy (non-hydrogen) atoms. The zero-order valence-corrected chi connectivity index (χ0v) is 13.3. The number of rotatable bonds is 1. The normalized spacial score (nSPS) is 31.0. The number of hydrogen-bond acceptors (Lipinski definition) is 6. The molecule has 0 spiro atoms. The molecule has 0 bridgehead atoms. The molecule has 120 valence electrons. The fraction of sp³-hybridized carbons (Fsp3) is 0.857. The van der Waals surface area contributed by atoms with Crippen molar-refractivity contribution in [2.24, 2.45) is 0 Å². The maximum atomic E-state index is 12.3. The third-order valence-electron chi connectivity index (χ3n) is 3.32.